The van der Waals surface area contributed by atoms with E-state index in [4.69, 9.17) is 15.2 Å². The first-order valence-electron chi connectivity index (χ1n) is 5.52. The minimum absolute atomic E-state index is 0.0828. The fraction of sp³-hybridized carbons (Fsp3) is 0.417. The molecule has 2 rings (SSSR count). The lowest BCUT2D eigenvalue weighted by atomic mass is 10.1. The fourth-order valence-electron chi connectivity index (χ4n) is 1.73. The van der Waals surface area contributed by atoms with Crippen molar-refractivity contribution in [2.75, 3.05) is 6.61 Å². The van der Waals surface area contributed by atoms with Crippen LogP contribution < -0.4 is 10.5 Å². The number of aliphatic imine (C=N–C) groups is 1. The van der Waals surface area contributed by atoms with Gasteiger partial charge in [0.25, 0.3) is 6.02 Å². The molecule has 0 radical (unpaired) electrons. The minimum atomic E-state index is 0.0828. The minimum Gasteiger partial charge on any atom is -0.491 e. The van der Waals surface area contributed by atoms with Gasteiger partial charge in [-0.3, -0.25) is 0 Å². The van der Waals surface area contributed by atoms with Crippen LogP contribution in [0.2, 0.25) is 0 Å². The van der Waals surface area contributed by atoms with Crippen molar-refractivity contribution >= 4 is 22.0 Å². The molecule has 17 heavy (non-hydrogen) atoms. The third-order valence-electron chi connectivity index (χ3n) is 2.49. The van der Waals surface area contributed by atoms with Crippen LogP contribution in [0, 0.1) is 0 Å². The Bertz CT molecular complexity index is 405. The molecule has 1 heterocycles. The van der Waals surface area contributed by atoms with E-state index in [9.17, 15) is 0 Å². The molecule has 4 nitrogen and oxygen atoms in total. The summed E-state index contributed by atoms with van der Waals surface area (Å²) in [5.41, 5.74) is 5.45. The smallest absolute Gasteiger partial charge is 0.282 e. The highest BCUT2D eigenvalue weighted by Gasteiger charge is 2.20. The molecule has 0 amide bonds. The van der Waals surface area contributed by atoms with Gasteiger partial charge in [0.1, 0.15) is 12.4 Å². The van der Waals surface area contributed by atoms with Gasteiger partial charge in [-0.15, -0.1) is 0 Å². The summed E-state index contributed by atoms with van der Waals surface area (Å²) in [6.07, 6.45) is 0.885. The van der Waals surface area contributed by atoms with E-state index >= 15 is 0 Å². The molecule has 0 saturated carbocycles. The monoisotopic (exact) mass is 298 g/mol. The van der Waals surface area contributed by atoms with Crippen LogP contribution in [0.5, 0.6) is 5.75 Å². The number of hydrogen-bond donors (Lipinski definition) is 1. The third-order valence-corrected chi connectivity index (χ3v) is 3.02. The van der Waals surface area contributed by atoms with Crippen LogP contribution in [-0.4, -0.2) is 24.8 Å². The molecular weight excluding hydrogens is 284 g/mol. The van der Waals surface area contributed by atoms with Crippen molar-refractivity contribution in [3.63, 3.8) is 0 Å². The first kappa shape index (κ1) is 12.2. The van der Waals surface area contributed by atoms with Crippen LogP contribution >= 0.6 is 15.9 Å². The summed E-state index contributed by atoms with van der Waals surface area (Å²) >= 11 is 3.39. The molecule has 0 fully saturated rings. The van der Waals surface area contributed by atoms with Gasteiger partial charge in [0.15, 0.2) is 0 Å². The molecule has 0 spiro atoms. The number of halogens is 1. The zero-order valence-electron chi connectivity index (χ0n) is 9.60. The molecule has 0 aliphatic carbocycles. The number of rotatable bonds is 4. The average Bonchev–Trinajstić information content (AvgIpc) is 2.67. The summed E-state index contributed by atoms with van der Waals surface area (Å²) in [5, 5.41) is 0. The Kier molecular flexibility index (Phi) is 3.89. The van der Waals surface area contributed by atoms with Gasteiger partial charge < -0.3 is 15.2 Å². The number of benzene rings is 1. The predicted molar refractivity (Wildman–Crippen MR) is 70.2 cm³/mol. The Morgan fingerprint density at radius 3 is 2.82 bits per heavy atom. The predicted octanol–water partition coefficient (Wildman–Crippen LogP) is 2.32. The normalized spacial score (nSPS) is 20.6. The summed E-state index contributed by atoms with van der Waals surface area (Å²) in [7, 11) is 0. The zero-order chi connectivity index (χ0) is 12.3. The van der Waals surface area contributed by atoms with Gasteiger partial charge in [0.2, 0.25) is 0 Å². The molecular formula is C12H15BrN2O2. The fourth-order valence-corrected chi connectivity index (χ4v) is 2.00. The average molecular weight is 299 g/mol. The second-order valence-electron chi connectivity index (χ2n) is 4.05. The maximum absolute atomic E-state index is 5.78. The van der Waals surface area contributed by atoms with E-state index in [1.54, 1.807) is 0 Å². The molecule has 2 N–H and O–H groups in total. The molecule has 1 aliphatic rings. The van der Waals surface area contributed by atoms with Gasteiger partial charge in [-0.1, -0.05) is 15.9 Å². The molecule has 1 aromatic carbocycles. The maximum atomic E-state index is 5.78. The Hall–Kier alpha value is -1.23. The third kappa shape index (κ3) is 3.63. The summed E-state index contributed by atoms with van der Waals surface area (Å²) in [5.74, 6) is 0.858. The SMILES string of the molecule is C[C@@H](C[C@H]1COC(N)=N1)Oc1ccc(Br)cc1. The lowest BCUT2D eigenvalue weighted by Gasteiger charge is -2.16. The highest BCUT2D eigenvalue weighted by molar-refractivity contribution is 9.10. The van der Waals surface area contributed by atoms with E-state index in [1.165, 1.54) is 0 Å². The molecule has 2 atom stereocenters. The van der Waals surface area contributed by atoms with E-state index in [-0.39, 0.29) is 18.2 Å². The molecule has 0 aromatic heterocycles. The van der Waals surface area contributed by atoms with Crippen molar-refractivity contribution in [1.29, 1.82) is 0 Å². The van der Waals surface area contributed by atoms with Crippen LogP contribution in [0.1, 0.15) is 13.3 Å². The van der Waals surface area contributed by atoms with Crippen molar-refractivity contribution in [3.8, 4) is 5.75 Å². The highest BCUT2D eigenvalue weighted by Crippen LogP contribution is 2.19. The topological polar surface area (TPSA) is 56.8 Å². The van der Waals surface area contributed by atoms with Crippen molar-refractivity contribution in [1.82, 2.24) is 0 Å². The largest absolute Gasteiger partial charge is 0.491 e. The lowest BCUT2D eigenvalue weighted by Crippen LogP contribution is -2.20. The standard InChI is InChI=1S/C12H15BrN2O2/c1-8(6-10-7-16-12(14)15-10)17-11-4-2-9(13)3-5-11/h2-5,8,10H,6-7H2,1H3,(H2,14,15)/t8-,10-/m0/s1. The maximum Gasteiger partial charge on any atom is 0.282 e. The molecule has 5 heteroatoms. The van der Waals surface area contributed by atoms with E-state index in [0.717, 1.165) is 16.6 Å². The first-order valence-corrected chi connectivity index (χ1v) is 6.31. The van der Waals surface area contributed by atoms with Crippen LogP contribution in [0.4, 0.5) is 0 Å². The van der Waals surface area contributed by atoms with Gasteiger partial charge in [-0.05, 0) is 31.2 Å². The van der Waals surface area contributed by atoms with Crippen molar-refractivity contribution in [2.45, 2.75) is 25.5 Å². The number of nitrogens with two attached hydrogens (primary N) is 1. The Morgan fingerprint density at radius 1 is 1.53 bits per heavy atom. The van der Waals surface area contributed by atoms with Crippen LogP contribution in [-0.2, 0) is 4.74 Å². The molecule has 0 unspecified atom stereocenters. The number of amidine groups is 1. The second kappa shape index (κ2) is 5.40. The second-order valence-corrected chi connectivity index (χ2v) is 4.97. The molecule has 0 bridgehead atoms. The number of hydrogen-bond acceptors (Lipinski definition) is 4. The summed E-state index contributed by atoms with van der Waals surface area (Å²) in [6.45, 7) is 2.58. The van der Waals surface area contributed by atoms with E-state index in [2.05, 4.69) is 20.9 Å². The Morgan fingerprint density at radius 2 is 2.24 bits per heavy atom. The number of ether oxygens (including phenoxy) is 2. The summed E-state index contributed by atoms with van der Waals surface area (Å²) in [4.78, 5) is 4.17. The van der Waals surface area contributed by atoms with Crippen LogP contribution in [0.15, 0.2) is 33.7 Å². The summed E-state index contributed by atoms with van der Waals surface area (Å²) in [6, 6.07) is 8.17. The van der Waals surface area contributed by atoms with Crippen molar-refractivity contribution < 1.29 is 9.47 Å². The lowest BCUT2D eigenvalue weighted by molar-refractivity contribution is 0.189. The van der Waals surface area contributed by atoms with E-state index in [1.807, 2.05) is 31.2 Å². The summed E-state index contributed by atoms with van der Waals surface area (Å²) < 4.78 is 11.9. The van der Waals surface area contributed by atoms with Crippen molar-refractivity contribution in [3.05, 3.63) is 28.7 Å². The van der Waals surface area contributed by atoms with Gasteiger partial charge in [-0.25, -0.2) is 4.99 Å². The van der Waals surface area contributed by atoms with E-state index < -0.39 is 0 Å². The van der Waals surface area contributed by atoms with Crippen molar-refractivity contribution in [2.24, 2.45) is 10.7 Å². The quantitative estimate of drug-likeness (QED) is 0.928. The molecule has 92 valence electrons. The van der Waals surface area contributed by atoms with Gasteiger partial charge in [-0.2, -0.15) is 0 Å². The van der Waals surface area contributed by atoms with Crippen LogP contribution in [0.3, 0.4) is 0 Å². The van der Waals surface area contributed by atoms with Gasteiger partial charge >= 0.3 is 0 Å². The molecule has 1 aromatic rings. The van der Waals surface area contributed by atoms with Gasteiger partial charge in [0, 0.05) is 10.9 Å². The molecule has 0 saturated heterocycles. The van der Waals surface area contributed by atoms with E-state index in [0.29, 0.717) is 6.61 Å². The Labute approximate surface area is 109 Å². The van der Waals surface area contributed by atoms with Gasteiger partial charge in [0.05, 0.1) is 12.1 Å². The van der Waals surface area contributed by atoms with Crippen LogP contribution in [0.25, 0.3) is 0 Å². The Balaban J connectivity index is 1.85. The number of nitrogens with zero attached hydrogens (tertiary/aromatic N) is 1. The molecule has 1 aliphatic heterocycles. The first-order chi connectivity index (χ1) is 8.13. The zero-order valence-corrected chi connectivity index (χ0v) is 11.2. The highest BCUT2D eigenvalue weighted by atomic mass is 79.9.